The van der Waals surface area contributed by atoms with Gasteiger partial charge in [-0.25, -0.2) is 0 Å². The Morgan fingerprint density at radius 3 is 2.05 bits per heavy atom. The van der Waals surface area contributed by atoms with Crippen molar-refractivity contribution in [2.24, 2.45) is 5.92 Å². The number of hydrogen-bond donors (Lipinski definition) is 0. The third-order valence-electron chi connectivity index (χ3n) is 4.26. The molecular weight excluding hydrogens is 454 g/mol. The van der Waals surface area contributed by atoms with E-state index in [-0.39, 0.29) is 24.8 Å². The van der Waals surface area contributed by atoms with Gasteiger partial charge in [-0.3, -0.25) is 0 Å². The van der Waals surface area contributed by atoms with Gasteiger partial charge in [-0.2, -0.15) is 0 Å². The first kappa shape index (κ1) is 20.3. The van der Waals surface area contributed by atoms with Gasteiger partial charge < -0.3 is 24.8 Å². The SMILES string of the molecule is CC1=CC=[C]([Hf+2]([C]2=CC(C)=C(C)C2C)=[C](C)C)C1.[Cl-].[Cl-]. The minimum atomic E-state index is -1.88. The van der Waals surface area contributed by atoms with E-state index in [1.807, 2.05) is 3.33 Å². The molecule has 2 aliphatic rings. The molecule has 0 heterocycles. The summed E-state index contributed by atoms with van der Waals surface area (Å²) in [5, 5.41) is 0. The maximum Gasteiger partial charge on any atom is -1.00 e. The number of hydrogen-bond acceptors (Lipinski definition) is 0. The predicted octanol–water partition coefficient (Wildman–Crippen LogP) is -1.07. The van der Waals surface area contributed by atoms with E-state index in [9.17, 15) is 0 Å². The Morgan fingerprint density at radius 1 is 1.10 bits per heavy atom. The molecule has 2 rings (SSSR count). The van der Waals surface area contributed by atoms with Crippen molar-refractivity contribution in [3.05, 3.63) is 41.6 Å². The summed E-state index contributed by atoms with van der Waals surface area (Å²) in [4.78, 5) is 0. The largest absolute Gasteiger partial charge is 1.00 e. The van der Waals surface area contributed by atoms with E-state index in [1.165, 1.54) is 12.0 Å². The van der Waals surface area contributed by atoms with Gasteiger partial charge in [-0.15, -0.1) is 0 Å². The third-order valence-corrected chi connectivity index (χ3v) is 15.5. The van der Waals surface area contributed by atoms with Crippen LogP contribution in [0.15, 0.2) is 41.6 Å². The van der Waals surface area contributed by atoms with E-state index < -0.39 is 21.0 Å². The van der Waals surface area contributed by atoms with Crippen LogP contribution in [0.4, 0.5) is 0 Å². The van der Waals surface area contributed by atoms with E-state index in [0.717, 1.165) is 0 Å². The van der Waals surface area contributed by atoms with E-state index in [0.29, 0.717) is 5.92 Å². The third kappa shape index (κ3) is 3.93. The van der Waals surface area contributed by atoms with E-state index in [2.05, 4.69) is 59.8 Å². The number of rotatable bonds is 2. The quantitative estimate of drug-likeness (QED) is 0.445. The fraction of sp³-hybridized carbons (Fsp3) is 0.471. The molecule has 0 aliphatic heterocycles. The molecule has 0 aromatic heterocycles. The monoisotopic (exact) mass is 478 g/mol. The zero-order chi connectivity index (χ0) is 13.4. The van der Waals surface area contributed by atoms with Crippen LogP contribution < -0.4 is 24.8 Å². The topological polar surface area (TPSA) is 0 Å². The molecule has 0 N–H and O–H groups in total. The molecule has 0 nitrogen and oxygen atoms in total. The second-order valence-corrected chi connectivity index (χ2v) is 16.6. The second kappa shape index (κ2) is 8.06. The van der Waals surface area contributed by atoms with Crippen LogP contribution in [-0.4, -0.2) is 3.26 Å². The van der Waals surface area contributed by atoms with Gasteiger partial charge in [0.05, 0.1) is 0 Å². The average Bonchev–Trinajstić information content (AvgIpc) is 2.80. The molecule has 0 saturated carbocycles. The van der Waals surface area contributed by atoms with Crippen molar-refractivity contribution in [3.8, 4) is 0 Å². The summed E-state index contributed by atoms with van der Waals surface area (Å²) < 4.78 is 5.33. The van der Waals surface area contributed by atoms with Crippen molar-refractivity contribution in [1.29, 1.82) is 0 Å². The Kier molecular flexibility index (Phi) is 8.17. The molecule has 0 aromatic carbocycles. The van der Waals surface area contributed by atoms with Gasteiger partial charge in [0.15, 0.2) is 0 Å². The van der Waals surface area contributed by atoms with Gasteiger partial charge in [0.1, 0.15) is 0 Å². The first-order chi connectivity index (χ1) is 8.41. The van der Waals surface area contributed by atoms with Crippen molar-refractivity contribution in [3.63, 3.8) is 0 Å². The molecule has 0 aromatic rings. The van der Waals surface area contributed by atoms with Gasteiger partial charge >= 0.3 is 120 Å². The van der Waals surface area contributed by atoms with Crippen LogP contribution in [0, 0.1) is 5.92 Å². The Bertz CT molecular complexity index is 541. The number of halogens is 2. The standard InChI is InChI=1S/C8H11.C6H7.C3H6.2ClH.Hf/c1-6-4-5-7(2)8(6)3;1-6-4-2-3-5-6;1-3-2;;;/h4,7H,1-3H3;2,4H,5H2,1H3;1-2H3;2*1H;/q;;;;;+2/p-2. The summed E-state index contributed by atoms with van der Waals surface area (Å²) in [6.07, 6.45) is 8.52. The summed E-state index contributed by atoms with van der Waals surface area (Å²) in [5.41, 5.74) is 4.66. The van der Waals surface area contributed by atoms with Crippen LogP contribution in [-0.2, 0) is 21.0 Å². The minimum absolute atomic E-state index is 0. The summed E-state index contributed by atoms with van der Waals surface area (Å²) in [5.74, 6) is 0.698. The van der Waals surface area contributed by atoms with Crippen LogP contribution in [0.1, 0.15) is 48.0 Å². The first-order valence-electron chi connectivity index (χ1n) is 6.85. The molecule has 3 heteroatoms. The smallest absolute Gasteiger partial charge is 1.00 e. The molecule has 0 fully saturated rings. The Morgan fingerprint density at radius 2 is 1.70 bits per heavy atom. The van der Waals surface area contributed by atoms with E-state index >= 15 is 0 Å². The van der Waals surface area contributed by atoms with E-state index in [4.69, 9.17) is 0 Å². The molecule has 1 atom stereocenters. The molecular formula is C17H24Cl2Hf. The van der Waals surface area contributed by atoms with Crippen LogP contribution >= 0.6 is 0 Å². The zero-order valence-corrected chi connectivity index (χ0v) is 18.4. The summed E-state index contributed by atoms with van der Waals surface area (Å²) in [6, 6.07) is 0. The van der Waals surface area contributed by atoms with Crippen LogP contribution in [0.2, 0.25) is 0 Å². The Balaban J connectivity index is 0.00000180. The Hall–Kier alpha value is 0.280. The first-order valence-corrected chi connectivity index (χ1v) is 12.2. The van der Waals surface area contributed by atoms with Gasteiger partial charge in [-0.05, 0) is 0 Å². The molecule has 2 aliphatic carbocycles. The van der Waals surface area contributed by atoms with Crippen LogP contribution in [0.5, 0.6) is 0 Å². The molecule has 0 radical (unpaired) electrons. The summed E-state index contributed by atoms with van der Waals surface area (Å²) in [6.45, 7) is 14.0. The maximum atomic E-state index is 2.52. The van der Waals surface area contributed by atoms with Crippen molar-refractivity contribution in [1.82, 2.24) is 0 Å². The predicted molar refractivity (Wildman–Crippen MR) is 78.4 cm³/mol. The van der Waals surface area contributed by atoms with Gasteiger partial charge in [-0.1, -0.05) is 0 Å². The zero-order valence-electron chi connectivity index (χ0n) is 13.3. The van der Waals surface area contributed by atoms with Crippen molar-refractivity contribution < 1.29 is 45.8 Å². The van der Waals surface area contributed by atoms with Crippen molar-refractivity contribution in [2.45, 2.75) is 48.0 Å². The second-order valence-electron chi connectivity index (χ2n) is 5.94. The molecule has 1 unspecified atom stereocenters. The molecule has 0 bridgehead atoms. The van der Waals surface area contributed by atoms with Crippen molar-refractivity contribution >= 4 is 3.26 Å². The minimum Gasteiger partial charge on any atom is -1.00 e. The summed E-state index contributed by atoms with van der Waals surface area (Å²) in [7, 11) is 0. The van der Waals surface area contributed by atoms with Gasteiger partial charge in [0.2, 0.25) is 0 Å². The van der Waals surface area contributed by atoms with Gasteiger partial charge in [0, 0.05) is 0 Å². The fourth-order valence-electron chi connectivity index (χ4n) is 2.96. The fourth-order valence-corrected chi connectivity index (χ4v) is 14.8. The Labute approximate surface area is 143 Å². The maximum absolute atomic E-state index is 2.52. The van der Waals surface area contributed by atoms with Gasteiger partial charge in [0.25, 0.3) is 0 Å². The van der Waals surface area contributed by atoms with Crippen LogP contribution in [0.3, 0.4) is 0 Å². The molecule has 0 amide bonds. The normalized spacial score (nSPS) is 20.2. The molecule has 20 heavy (non-hydrogen) atoms. The summed E-state index contributed by atoms with van der Waals surface area (Å²) >= 11 is -1.88. The molecule has 0 spiro atoms. The molecule has 0 saturated heterocycles. The van der Waals surface area contributed by atoms with Crippen molar-refractivity contribution in [2.75, 3.05) is 0 Å². The molecule has 110 valence electrons. The van der Waals surface area contributed by atoms with E-state index in [1.54, 1.807) is 17.7 Å². The van der Waals surface area contributed by atoms with Crippen LogP contribution in [0.25, 0.3) is 0 Å². The average molecular weight is 478 g/mol. The number of allylic oxidation sites excluding steroid dienone is 8.